The van der Waals surface area contributed by atoms with Crippen LogP contribution in [0.1, 0.15) is 34.1 Å². The van der Waals surface area contributed by atoms with Crippen LogP contribution in [0.25, 0.3) is 0 Å². The Bertz CT molecular complexity index is 104. The van der Waals surface area contributed by atoms with Gasteiger partial charge < -0.3 is 5.84 Å². The summed E-state index contributed by atoms with van der Waals surface area (Å²) in [5.41, 5.74) is 0.867. The van der Waals surface area contributed by atoms with Crippen LogP contribution in [0.2, 0.25) is 0 Å². The maximum absolute atomic E-state index is 4.95. The van der Waals surface area contributed by atoms with E-state index in [0.29, 0.717) is 0 Å². The van der Waals surface area contributed by atoms with Crippen molar-refractivity contribution in [3.63, 3.8) is 0 Å². The van der Waals surface area contributed by atoms with E-state index < -0.39 is 0 Å². The molecule has 0 rings (SSSR count). The Labute approximate surface area is 63.8 Å². The van der Waals surface area contributed by atoms with Gasteiger partial charge in [0.2, 0.25) is 0 Å². The third-order valence-corrected chi connectivity index (χ3v) is 0.798. The highest BCUT2D eigenvalue weighted by Crippen LogP contribution is 1.80. The smallest absolute Gasteiger partial charge is 0.0566 e. The van der Waals surface area contributed by atoms with E-state index in [2.05, 4.69) is 12.0 Å². The predicted molar refractivity (Wildman–Crippen MR) is 48.1 cm³/mol. The summed E-state index contributed by atoms with van der Waals surface area (Å²) in [6.07, 6.45) is 4.96. The summed E-state index contributed by atoms with van der Waals surface area (Å²) in [6.45, 7) is 7.94. The van der Waals surface area contributed by atoms with Crippen molar-refractivity contribution in [1.29, 1.82) is 0 Å². The largest absolute Gasteiger partial charge is 0.323 e. The van der Waals surface area contributed by atoms with Gasteiger partial charge in [-0.05, 0) is 19.4 Å². The van der Waals surface area contributed by atoms with Gasteiger partial charge in [-0.1, -0.05) is 26.8 Å². The molecule has 0 aliphatic rings. The first-order valence-electron chi connectivity index (χ1n) is 3.72. The standard InChI is InChI=1S/C6H12N2.C2H6/c1-3-4-5-6(2)8-7;1-2/h4-5H,3,7H2,1-2H3;1-2H3/b5-4-,8-6-;. The summed E-state index contributed by atoms with van der Waals surface area (Å²) in [5.74, 6) is 4.95. The molecule has 0 amide bonds. The van der Waals surface area contributed by atoms with Crippen molar-refractivity contribution in [2.24, 2.45) is 10.9 Å². The summed E-state index contributed by atoms with van der Waals surface area (Å²) in [4.78, 5) is 0. The molecule has 0 atom stereocenters. The van der Waals surface area contributed by atoms with Crippen molar-refractivity contribution in [2.45, 2.75) is 34.1 Å². The van der Waals surface area contributed by atoms with Crippen molar-refractivity contribution < 1.29 is 0 Å². The third kappa shape index (κ3) is 10.2. The van der Waals surface area contributed by atoms with Gasteiger partial charge in [-0.2, -0.15) is 5.10 Å². The van der Waals surface area contributed by atoms with Gasteiger partial charge in [-0.15, -0.1) is 0 Å². The van der Waals surface area contributed by atoms with Crippen LogP contribution in [0.3, 0.4) is 0 Å². The predicted octanol–water partition coefficient (Wildman–Crippen LogP) is 2.31. The highest BCUT2D eigenvalue weighted by molar-refractivity contribution is 5.92. The number of allylic oxidation sites excluding steroid dienone is 2. The molecule has 0 saturated carbocycles. The molecule has 0 bridgehead atoms. The molecule has 2 nitrogen and oxygen atoms in total. The highest BCUT2D eigenvalue weighted by atomic mass is 15.1. The van der Waals surface area contributed by atoms with E-state index in [1.165, 1.54) is 0 Å². The van der Waals surface area contributed by atoms with Gasteiger partial charge in [0.25, 0.3) is 0 Å². The molecule has 2 N–H and O–H groups in total. The number of hydrazone groups is 1. The number of nitrogens with two attached hydrogens (primary N) is 1. The van der Waals surface area contributed by atoms with Crippen LogP contribution in [0, 0.1) is 0 Å². The average Bonchev–Trinajstić information content (AvgIpc) is 2.04. The van der Waals surface area contributed by atoms with E-state index in [1.807, 2.05) is 32.9 Å². The van der Waals surface area contributed by atoms with E-state index in [1.54, 1.807) is 0 Å². The normalized spacial score (nSPS) is 11.0. The Kier molecular flexibility index (Phi) is 13.2. The minimum absolute atomic E-state index is 0.867. The minimum Gasteiger partial charge on any atom is -0.323 e. The first-order valence-corrected chi connectivity index (χ1v) is 3.72. The lowest BCUT2D eigenvalue weighted by atomic mass is 10.3. The molecule has 0 radical (unpaired) electrons. The van der Waals surface area contributed by atoms with Gasteiger partial charge in [0.15, 0.2) is 0 Å². The highest BCUT2D eigenvalue weighted by Gasteiger charge is 1.75. The fourth-order valence-electron chi connectivity index (χ4n) is 0.331. The number of rotatable bonds is 2. The first kappa shape index (κ1) is 11.9. The van der Waals surface area contributed by atoms with E-state index in [0.717, 1.165) is 12.1 Å². The summed E-state index contributed by atoms with van der Waals surface area (Å²) in [6, 6.07) is 0. The van der Waals surface area contributed by atoms with Crippen LogP contribution in [-0.2, 0) is 0 Å². The Morgan fingerprint density at radius 1 is 1.50 bits per heavy atom. The van der Waals surface area contributed by atoms with Gasteiger partial charge in [-0.3, -0.25) is 0 Å². The molecule has 0 aliphatic carbocycles. The summed E-state index contributed by atoms with van der Waals surface area (Å²) in [5, 5.41) is 3.46. The maximum Gasteiger partial charge on any atom is 0.0566 e. The van der Waals surface area contributed by atoms with Crippen LogP contribution >= 0.6 is 0 Å². The molecule has 60 valence electrons. The Morgan fingerprint density at radius 3 is 2.30 bits per heavy atom. The molecule has 0 aromatic carbocycles. The molecule has 0 fully saturated rings. The van der Waals surface area contributed by atoms with Crippen LogP contribution in [-0.4, -0.2) is 5.71 Å². The first-order chi connectivity index (χ1) is 4.81. The number of hydrogen-bond acceptors (Lipinski definition) is 2. The molecule has 0 aromatic rings. The van der Waals surface area contributed by atoms with Crippen molar-refractivity contribution in [1.82, 2.24) is 0 Å². The lowest BCUT2D eigenvalue weighted by Crippen LogP contribution is -1.89. The average molecular weight is 142 g/mol. The zero-order valence-corrected chi connectivity index (χ0v) is 7.39. The second-order valence-corrected chi connectivity index (χ2v) is 1.58. The molecule has 0 saturated heterocycles. The van der Waals surface area contributed by atoms with Crippen LogP contribution in [0.5, 0.6) is 0 Å². The van der Waals surface area contributed by atoms with E-state index in [-0.39, 0.29) is 0 Å². The van der Waals surface area contributed by atoms with E-state index in [9.17, 15) is 0 Å². The fraction of sp³-hybridized carbons (Fsp3) is 0.625. The topological polar surface area (TPSA) is 38.4 Å². The number of nitrogens with zero attached hydrogens (tertiary/aromatic N) is 1. The molecule has 10 heavy (non-hydrogen) atoms. The van der Waals surface area contributed by atoms with E-state index in [4.69, 9.17) is 5.84 Å². The molecule has 2 heteroatoms. The van der Waals surface area contributed by atoms with Crippen LogP contribution in [0.15, 0.2) is 17.3 Å². The van der Waals surface area contributed by atoms with E-state index >= 15 is 0 Å². The molecule has 0 spiro atoms. The molecule has 0 aliphatic heterocycles. The van der Waals surface area contributed by atoms with Gasteiger partial charge in [0, 0.05) is 0 Å². The Balaban J connectivity index is 0. The van der Waals surface area contributed by atoms with Crippen molar-refractivity contribution in [3.8, 4) is 0 Å². The molecule has 0 heterocycles. The van der Waals surface area contributed by atoms with Crippen LogP contribution < -0.4 is 5.84 Å². The third-order valence-electron chi connectivity index (χ3n) is 0.798. The zero-order valence-electron chi connectivity index (χ0n) is 7.39. The Morgan fingerprint density at radius 2 is 2.00 bits per heavy atom. The second-order valence-electron chi connectivity index (χ2n) is 1.58. The minimum atomic E-state index is 0.867. The lowest BCUT2D eigenvalue weighted by Gasteiger charge is -1.82. The maximum atomic E-state index is 4.95. The van der Waals surface area contributed by atoms with Gasteiger partial charge in [0.1, 0.15) is 0 Å². The van der Waals surface area contributed by atoms with Gasteiger partial charge in [0.05, 0.1) is 5.71 Å². The SMILES string of the molecule is CC.CC/C=C\C(C)=N/N. The quantitative estimate of drug-likeness (QED) is 0.358. The summed E-state index contributed by atoms with van der Waals surface area (Å²) < 4.78 is 0. The summed E-state index contributed by atoms with van der Waals surface area (Å²) in [7, 11) is 0. The summed E-state index contributed by atoms with van der Waals surface area (Å²) >= 11 is 0. The number of hydrogen-bond donors (Lipinski definition) is 1. The molecular weight excluding hydrogens is 124 g/mol. The molecular formula is C8H18N2. The van der Waals surface area contributed by atoms with Gasteiger partial charge in [-0.25, -0.2) is 0 Å². The zero-order chi connectivity index (χ0) is 8.41. The Hall–Kier alpha value is -0.790. The van der Waals surface area contributed by atoms with Crippen molar-refractivity contribution in [2.75, 3.05) is 0 Å². The molecule has 0 aromatic heterocycles. The second kappa shape index (κ2) is 11.1. The lowest BCUT2D eigenvalue weighted by molar-refractivity contribution is 1.21. The fourth-order valence-corrected chi connectivity index (χ4v) is 0.331. The molecule has 0 unspecified atom stereocenters. The van der Waals surface area contributed by atoms with Crippen molar-refractivity contribution in [3.05, 3.63) is 12.2 Å². The van der Waals surface area contributed by atoms with Crippen molar-refractivity contribution >= 4 is 5.71 Å². The van der Waals surface area contributed by atoms with Crippen LogP contribution in [0.4, 0.5) is 0 Å². The van der Waals surface area contributed by atoms with Gasteiger partial charge >= 0.3 is 0 Å². The monoisotopic (exact) mass is 142 g/mol.